The number of rotatable bonds is 3. The van der Waals surface area contributed by atoms with Crippen molar-refractivity contribution < 1.29 is 4.74 Å². The number of benzene rings is 1. The van der Waals surface area contributed by atoms with Gasteiger partial charge in [-0.1, -0.05) is 13.8 Å². The van der Waals surface area contributed by atoms with Crippen LogP contribution in [-0.4, -0.2) is 29.2 Å². The summed E-state index contributed by atoms with van der Waals surface area (Å²) in [5.74, 6) is 0.798. The summed E-state index contributed by atoms with van der Waals surface area (Å²) in [6.45, 7) is 4.32. The fraction of sp³-hybridized carbons (Fsp3) is 0.333. The summed E-state index contributed by atoms with van der Waals surface area (Å²) in [6, 6.07) is 9.12. The number of H-pyrrole nitrogens is 1. The second-order valence-corrected chi connectivity index (χ2v) is 6.67. The maximum atomic E-state index is 11.6. The number of aromatic amines is 1. The van der Waals surface area contributed by atoms with E-state index < -0.39 is 0 Å². The van der Waals surface area contributed by atoms with Crippen molar-refractivity contribution in [2.24, 2.45) is 15.6 Å². The number of methoxy groups -OCH3 is 1. The molecule has 0 unspecified atom stereocenters. The van der Waals surface area contributed by atoms with Crippen molar-refractivity contribution in [2.75, 3.05) is 7.11 Å². The predicted molar refractivity (Wildman–Crippen MR) is 94.1 cm³/mol. The molecule has 1 aromatic carbocycles. The third-order valence-electron chi connectivity index (χ3n) is 3.99. The lowest BCUT2D eigenvalue weighted by Gasteiger charge is -2.30. The number of hydrogen-bond donors (Lipinski definition) is 1. The van der Waals surface area contributed by atoms with E-state index >= 15 is 0 Å². The van der Waals surface area contributed by atoms with Gasteiger partial charge in [-0.05, 0) is 48.1 Å². The highest BCUT2D eigenvalue weighted by Gasteiger charge is 2.31. The minimum absolute atomic E-state index is 0.0344. The van der Waals surface area contributed by atoms with Crippen LogP contribution in [0.15, 0.2) is 45.3 Å². The zero-order chi connectivity index (χ0) is 17.2. The quantitative estimate of drug-likeness (QED) is 0.696. The normalized spacial score (nSPS) is 17.9. The molecule has 0 atom stereocenters. The van der Waals surface area contributed by atoms with E-state index in [-0.39, 0.29) is 11.0 Å². The minimum atomic E-state index is -0.222. The Morgan fingerprint density at radius 3 is 2.71 bits per heavy atom. The number of ether oxygens (including phenoxy) is 1. The summed E-state index contributed by atoms with van der Waals surface area (Å²) >= 11 is 0. The summed E-state index contributed by atoms with van der Waals surface area (Å²) in [7, 11) is 1.63. The van der Waals surface area contributed by atoms with Crippen LogP contribution in [0.3, 0.4) is 0 Å². The fourth-order valence-electron chi connectivity index (χ4n) is 2.82. The largest absolute Gasteiger partial charge is 0.497 e. The Morgan fingerprint density at radius 2 is 2.00 bits per heavy atom. The molecule has 6 heteroatoms. The zero-order valence-electron chi connectivity index (χ0n) is 14.0. The van der Waals surface area contributed by atoms with Crippen molar-refractivity contribution in [2.45, 2.75) is 26.7 Å². The van der Waals surface area contributed by atoms with Crippen molar-refractivity contribution in [3.05, 3.63) is 57.5 Å². The van der Waals surface area contributed by atoms with Crippen LogP contribution >= 0.6 is 0 Å². The van der Waals surface area contributed by atoms with Crippen molar-refractivity contribution in [1.82, 2.24) is 10.2 Å². The minimum Gasteiger partial charge on any atom is -0.497 e. The molecule has 0 radical (unpaired) electrons. The number of hydrogen-bond acceptors (Lipinski definition) is 5. The van der Waals surface area contributed by atoms with Gasteiger partial charge in [0, 0.05) is 11.6 Å². The first-order chi connectivity index (χ1) is 11.5. The fourth-order valence-corrected chi connectivity index (χ4v) is 2.82. The smallest absolute Gasteiger partial charge is 0.264 e. The second-order valence-electron chi connectivity index (χ2n) is 6.67. The molecular weight excluding hydrogens is 304 g/mol. The van der Waals surface area contributed by atoms with E-state index in [1.54, 1.807) is 19.4 Å². The zero-order valence-corrected chi connectivity index (χ0v) is 14.0. The van der Waals surface area contributed by atoms with E-state index in [0.29, 0.717) is 0 Å². The van der Waals surface area contributed by atoms with Crippen LogP contribution in [0.2, 0.25) is 0 Å². The van der Waals surface area contributed by atoms with Gasteiger partial charge in [-0.2, -0.15) is 15.3 Å². The summed E-state index contributed by atoms with van der Waals surface area (Å²) < 4.78 is 5.13. The Hall–Kier alpha value is -2.76. The first kappa shape index (κ1) is 16.1. The van der Waals surface area contributed by atoms with Gasteiger partial charge >= 0.3 is 0 Å². The Kier molecular flexibility index (Phi) is 4.29. The third-order valence-corrected chi connectivity index (χ3v) is 3.99. The number of nitrogens with zero attached hydrogens (tertiary/aromatic N) is 3. The molecule has 124 valence electrons. The average Bonchev–Trinajstić information content (AvgIpc) is 2.55. The molecule has 24 heavy (non-hydrogen) atoms. The summed E-state index contributed by atoms with van der Waals surface area (Å²) in [4.78, 5) is 11.6. The molecule has 1 N–H and O–H groups in total. The first-order valence-electron chi connectivity index (χ1n) is 7.80. The SMILES string of the molecule is COc1ccc(/C=N/N=C2/CC(C)(C)Cc3n[nH]c(=O)cc32)cc1. The van der Waals surface area contributed by atoms with E-state index in [4.69, 9.17) is 4.74 Å². The van der Waals surface area contributed by atoms with Crippen molar-refractivity contribution >= 4 is 11.9 Å². The molecule has 0 bridgehead atoms. The lowest BCUT2D eigenvalue weighted by atomic mass is 9.75. The van der Waals surface area contributed by atoms with Crippen LogP contribution in [0.4, 0.5) is 0 Å². The Morgan fingerprint density at radius 1 is 1.25 bits per heavy atom. The summed E-state index contributed by atoms with van der Waals surface area (Å²) in [6.07, 6.45) is 3.25. The molecule has 1 aromatic heterocycles. The number of nitrogens with one attached hydrogen (secondary N) is 1. The van der Waals surface area contributed by atoms with E-state index in [2.05, 4.69) is 34.2 Å². The Bertz CT molecular complexity index is 848. The van der Waals surface area contributed by atoms with Crippen LogP contribution in [-0.2, 0) is 6.42 Å². The van der Waals surface area contributed by atoms with Gasteiger partial charge in [0.1, 0.15) is 5.75 Å². The molecule has 6 nitrogen and oxygen atoms in total. The standard InChI is InChI=1S/C18H20N4O2/c1-18(2)9-15(14-8-17(23)22-21-16(14)10-18)20-19-11-12-4-6-13(24-3)7-5-12/h4-8,11H,9-10H2,1-3H3,(H,22,23)/b19-11+,20-15-. The van der Waals surface area contributed by atoms with Crippen molar-refractivity contribution in [3.8, 4) is 5.75 Å². The molecule has 0 saturated carbocycles. The first-order valence-corrected chi connectivity index (χ1v) is 7.80. The van der Waals surface area contributed by atoms with Crippen LogP contribution in [0.1, 0.15) is 37.1 Å². The van der Waals surface area contributed by atoms with Crippen LogP contribution in [0, 0.1) is 5.41 Å². The predicted octanol–water partition coefficient (Wildman–Crippen LogP) is 2.57. The van der Waals surface area contributed by atoms with E-state index in [0.717, 1.165) is 41.1 Å². The van der Waals surface area contributed by atoms with Crippen LogP contribution < -0.4 is 10.3 Å². The molecule has 1 aliphatic carbocycles. The van der Waals surface area contributed by atoms with Gasteiger partial charge in [-0.3, -0.25) is 4.79 Å². The second kappa shape index (κ2) is 6.39. The van der Waals surface area contributed by atoms with E-state index in [1.807, 2.05) is 24.3 Å². The van der Waals surface area contributed by atoms with E-state index in [9.17, 15) is 4.79 Å². The topological polar surface area (TPSA) is 79.7 Å². The molecule has 0 amide bonds. The Balaban J connectivity index is 1.89. The summed E-state index contributed by atoms with van der Waals surface area (Å²) in [5, 5.41) is 15.2. The molecule has 2 aromatic rings. The molecular formula is C18H20N4O2. The molecule has 0 aliphatic heterocycles. The van der Waals surface area contributed by atoms with Gasteiger partial charge in [0.2, 0.25) is 0 Å². The highest BCUT2D eigenvalue weighted by atomic mass is 16.5. The maximum absolute atomic E-state index is 11.6. The van der Waals surface area contributed by atoms with Crippen LogP contribution in [0.25, 0.3) is 0 Å². The molecule has 0 fully saturated rings. The molecule has 0 spiro atoms. The molecule has 3 rings (SSSR count). The highest BCUT2D eigenvalue weighted by Crippen LogP contribution is 2.33. The summed E-state index contributed by atoms with van der Waals surface area (Å²) in [5.41, 5.74) is 3.20. The van der Waals surface area contributed by atoms with Crippen molar-refractivity contribution in [3.63, 3.8) is 0 Å². The van der Waals surface area contributed by atoms with E-state index in [1.165, 1.54) is 0 Å². The monoisotopic (exact) mass is 324 g/mol. The average molecular weight is 324 g/mol. The lowest BCUT2D eigenvalue weighted by Crippen LogP contribution is -2.30. The van der Waals surface area contributed by atoms with Gasteiger partial charge in [-0.15, -0.1) is 0 Å². The van der Waals surface area contributed by atoms with Gasteiger partial charge in [0.25, 0.3) is 5.56 Å². The number of fused-ring (bicyclic) bond motifs is 1. The lowest BCUT2D eigenvalue weighted by molar-refractivity contribution is 0.365. The van der Waals surface area contributed by atoms with Gasteiger partial charge in [0.15, 0.2) is 0 Å². The van der Waals surface area contributed by atoms with Crippen molar-refractivity contribution in [1.29, 1.82) is 0 Å². The maximum Gasteiger partial charge on any atom is 0.264 e. The Labute approximate surface area is 140 Å². The molecule has 1 aliphatic rings. The number of aromatic nitrogens is 2. The van der Waals surface area contributed by atoms with Gasteiger partial charge in [0.05, 0.1) is 24.7 Å². The molecule has 0 saturated heterocycles. The van der Waals surface area contributed by atoms with Gasteiger partial charge < -0.3 is 4.74 Å². The van der Waals surface area contributed by atoms with Crippen LogP contribution in [0.5, 0.6) is 5.75 Å². The van der Waals surface area contributed by atoms with Gasteiger partial charge in [-0.25, -0.2) is 5.10 Å². The molecule has 1 heterocycles. The highest BCUT2D eigenvalue weighted by molar-refractivity contribution is 6.03. The third kappa shape index (κ3) is 3.59.